The SMILES string of the molecule is COc1cc2c(cc1OCc1ccccc1)Cc1c(-c3ccc(-c4ccc(OCOCC[Si](C)(C)C)cc4)cc3)nn(COCC[Si](C)(C)C)c1-2. The standard InChI is InChI=1S/C42H52N2O5Si2/c1-45-39-27-37-35(26-40(39)48-28-31-11-9-8-10-12-31)25-38-41(43-44(42(37)38)29-46-21-23-50(2,3)4)34-15-13-32(14-16-34)33-17-19-36(20-18-33)49-30-47-22-24-51(5,6)7/h8-20,26-27H,21-25,28-30H2,1-7H3. The summed E-state index contributed by atoms with van der Waals surface area (Å²) in [7, 11) is -0.631. The Morgan fingerprint density at radius 2 is 1.31 bits per heavy atom. The molecule has 51 heavy (non-hydrogen) atoms. The van der Waals surface area contributed by atoms with Crippen LogP contribution in [0.4, 0.5) is 0 Å². The summed E-state index contributed by atoms with van der Waals surface area (Å²) in [6.07, 6.45) is 0.756. The van der Waals surface area contributed by atoms with Crippen molar-refractivity contribution in [1.82, 2.24) is 9.78 Å². The molecule has 0 radical (unpaired) electrons. The highest BCUT2D eigenvalue weighted by Crippen LogP contribution is 2.46. The molecule has 9 heteroatoms. The molecule has 0 amide bonds. The van der Waals surface area contributed by atoms with Gasteiger partial charge in [-0.2, -0.15) is 5.10 Å². The summed E-state index contributed by atoms with van der Waals surface area (Å²) in [4.78, 5) is 0. The smallest absolute Gasteiger partial charge is 0.189 e. The molecule has 0 spiro atoms. The van der Waals surface area contributed by atoms with Crippen LogP contribution < -0.4 is 14.2 Å². The van der Waals surface area contributed by atoms with Crippen molar-refractivity contribution in [2.24, 2.45) is 0 Å². The van der Waals surface area contributed by atoms with Gasteiger partial charge in [-0.15, -0.1) is 0 Å². The number of methoxy groups -OCH3 is 1. The fraction of sp³-hybridized carbons (Fsp3) is 0.357. The van der Waals surface area contributed by atoms with Crippen LogP contribution in [0.2, 0.25) is 51.4 Å². The normalized spacial score (nSPS) is 12.5. The summed E-state index contributed by atoms with van der Waals surface area (Å²) in [6.45, 7) is 16.8. The highest BCUT2D eigenvalue weighted by atomic mass is 28.3. The Morgan fingerprint density at radius 1 is 0.686 bits per heavy atom. The van der Waals surface area contributed by atoms with E-state index in [1.807, 2.05) is 35.0 Å². The molecule has 4 aromatic carbocycles. The average molecular weight is 721 g/mol. The van der Waals surface area contributed by atoms with E-state index < -0.39 is 16.1 Å². The minimum absolute atomic E-state index is 0.275. The molecule has 0 N–H and O–H groups in total. The third-order valence-electron chi connectivity index (χ3n) is 9.16. The number of hydrogen-bond donors (Lipinski definition) is 0. The molecule has 0 saturated heterocycles. The van der Waals surface area contributed by atoms with Gasteiger partial charge in [0.1, 0.15) is 19.1 Å². The second-order valence-electron chi connectivity index (χ2n) is 15.7. The number of rotatable bonds is 17. The predicted molar refractivity (Wildman–Crippen MR) is 212 cm³/mol. The van der Waals surface area contributed by atoms with Crippen molar-refractivity contribution < 1.29 is 23.7 Å². The fourth-order valence-electron chi connectivity index (χ4n) is 6.10. The van der Waals surface area contributed by atoms with Gasteiger partial charge in [-0.1, -0.05) is 106 Å². The van der Waals surface area contributed by atoms with E-state index in [0.29, 0.717) is 19.1 Å². The maximum atomic E-state index is 6.29. The van der Waals surface area contributed by atoms with Crippen LogP contribution in [0.1, 0.15) is 16.7 Å². The molecule has 7 nitrogen and oxygen atoms in total. The molecule has 0 bridgehead atoms. The zero-order valence-electron chi connectivity index (χ0n) is 31.3. The third-order valence-corrected chi connectivity index (χ3v) is 12.6. The molecular formula is C42H52N2O5Si2. The van der Waals surface area contributed by atoms with Gasteiger partial charge >= 0.3 is 0 Å². The summed E-state index contributed by atoms with van der Waals surface area (Å²) >= 11 is 0. The van der Waals surface area contributed by atoms with Crippen LogP contribution >= 0.6 is 0 Å². The predicted octanol–water partition coefficient (Wildman–Crippen LogP) is 10.4. The van der Waals surface area contributed by atoms with E-state index in [1.165, 1.54) is 11.1 Å². The van der Waals surface area contributed by atoms with Gasteiger partial charge in [-0.25, -0.2) is 4.68 Å². The van der Waals surface area contributed by atoms with Crippen LogP contribution in [-0.2, 0) is 29.2 Å². The molecular weight excluding hydrogens is 669 g/mol. The molecule has 1 aliphatic rings. The van der Waals surface area contributed by atoms with E-state index in [9.17, 15) is 0 Å². The van der Waals surface area contributed by atoms with E-state index in [2.05, 4.69) is 99.9 Å². The lowest BCUT2D eigenvalue weighted by atomic mass is 10.0. The fourth-order valence-corrected chi connectivity index (χ4v) is 7.61. The number of hydrogen-bond acceptors (Lipinski definition) is 6. The molecule has 1 heterocycles. The van der Waals surface area contributed by atoms with Crippen molar-refractivity contribution in [2.45, 2.75) is 71.1 Å². The van der Waals surface area contributed by atoms with Crippen LogP contribution in [-0.4, -0.2) is 53.0 Å². The summed E-state index contributed by atoms with van der Waals surface area (Å²) in [6, 6.07) is 33.6. The molecule has 0 atom stereocenters. The van der Waals surface area contributed by atoms with Crippen molar-refractivity contribution in [3.63, 3.8) is 0 Å². The van der Waals surface area contributed by atoms with Gasteiger partial charge < -0.3 is 23.7 Å². The lowest BCUT2D eigenvalue weighted by Crippen LogP contribution is -2.22. The Hall–Kier alpha value is -4.16. The Balaban J connectivity index is 1.21. The van der Waals surface area contributed by atoms with E-state index in [4.69, 9.17) is 28.8 Å². The monoisotopic (exact) mass is 720 g/mol. The van der Waals surface area contributed by atoms with Crippen molar-refractivity contribution >= 4 is 16.1 Å². The molecule has 0 unspecified atom stereocenters. The van der Waals surface area contributed by atoms with Crippen LogP contribution in [0.25, 0.3) is 33.6 Å². The summed E-state index contributed by atoms with van der Waals surface area (Å²) in [5.74, 6) is 2.26. The minimum atomic E-state index is -1.22. The van der Waals surface area contributed by atoms with Gasteiger partial charge in [0.2, 0.25) is 0 Å². The van der Waals surface area contributed by atoms with E-state index in [1.54, 1.807) is 7.11 Å². The number of benzene rings is 4. The first-order valence-electron chi connectivity index (χ1n) is 17.9. The molecule has 1 aromatic heterocycles. The molecule has 0 saturated carbocycles. The molecule has 0 fully saturated rings. The summed E-state index contributed by atoms with van der Waals surface area (Å²) in [5.41, 5.74) is 10.0. The zero-order valence-corrected chi connectivity index (χ0v) is 33.3. The van der Waals surface area contributed by atoms with Crippen LogP contribution in [0.15, 0.2) is 91.0 Å². The van der Waals surface area contributed by atoms with Crippen molar-refractivity contribution in [3.05, 3.63) is 108 Å². The average Bonchev–Trinajstić information content (AvgIpc) is 3.65. The van der Waals surface area contributed by atoms with Crippen LogP contribution in [0.3, 0.4) is 0 Å². The van der Waals surface area contributed by atoms with Gasteiger partial charge in [0.05, 0.1) is 18.5 Å². The lowest BCUT2D eigenvalue weighted by Gasteiger charge is -2.16. The number of nitrogens with zero attached hydrogens (tertiary/aromatic N) is 2. The Morgan fingerprint density at radius 3 is 1.96 bits per heavy atom. The zero-order chi connectivity index (χ0) is 36.0. The highest BCUT2D eigenvalue weighted by Gasteiger charge is 2.30. The van der Waals surface area contributed by atoms with Gasteiger partial charge in [-0.05, 0) is 58.6 Å². The van der Waals surface area contributed by atoms with E-state index in [0.717, 1.165) is 82.4 Å². The Bertz CT molecular complexity index is 1890. The van der Waals surface area contributed by atoms with Gasteiger partial charge in [0.15, 0.2) is 18.3 Å². The first-order valence-corrected chi connectivity index (χ1v) is 25.4. The van der Waals surface area contributed by atoms with Gasteiger partial charge in [0.25, 0.3) is 0 Å². The maximum absolute atomic E-state index is 6.29. The largest absolute Gasteiger partial charge is 0.493 e. The van der Waals surface area contributed by atoms with E-state index >= 15 is 0 Å². The van der Waals surface area contributed by atoms with Crippen LogP contribution in [0.5, 0.6) is 17.2 Å². The van der Waals surface area contributed by atoms with Crippen LogP contribution in [0, 0.1) is 0 Å². The van der Waals surface area contributed by atoms with Crippen molar-refractivity contribution in [3.8, 4) is 50.9 Å². The molecule has 1 aliphatic carbocycles. The highest BCUT2D eigenvalue weighted by molar-refractivity contribution is 6.76. The molecule has 6 rings (SSSR count). The first kappa shape index (κ1) is 36.6. The quantitative estimate of drug-likeness (QED) is 0.0531. The van der Waals surface area contributed by atoms with Gasteiger partial charge in [-0.3, -0.25) is 0 Å². The third kappa shape index (κ3) is 9.59. The second kappa shape index (κ2) is 16.0. The second-order valence-corrected chi connectivity index (χ2v) is 27.0. The Kier molecular flexibility index (Phi) is 11.5. The minimum Gasteiger partial charge on any atom is -0.493 e. The van der Waals surface area contributed by atoms with Crippen molar-refractivity contribution in [1.29, 1.82) is 0 Å². The number of fused-ring (bicyclic) bond motifs is 3. The molecule has 5 aromatic rings. The summed E-state index contributed by atoms with van der Waals surface area (Å²) < 4.78 is 32.0. The molecule has 0 aliphatic heterocycles. The topological polar surface area (TPSA) is 64.0 Å². The van der Waals surface area contributed by atoms with E-state index in [-0.39, 0.29) is 6.79 Å². The number of aromatic nitrogens is 2. The first-order chi connectivity index (χ1) is 24.5. The summed E-state index contributed by atoms with van der Waals surface area (Å²) in [5, 5.41) is 5.16. The lowest BCUT2D eigenvalue weighted by molar-refractivity contribution is 0.0220. The number of ether oxygens (including phenoxy) is 5. The van der Waals surface area contributed by atoms with Crippen molar-refractivity contribution in [2.75, 3.05) is 27.1 Å². The van der Waals surface area contributed by atoms with Gasteiger partial charge in [0, 0.05) is 52.5 Å². The Labute approximate surface area is 305 Å². The molecule has 268 valence electrons. The maximum Gasteiger partial charge on any atom is 0.189 e.